The number of ether oxygens (including phenoxy) is 1. The second-order valence-corrected chi connectivity index (χ2v) is 5.74. The molecule has 2 aromatic rings. The van der Waals surface area contributed by atoms with Crippen molar-refractivity contribution in [3.63, 3.8) is 0 Å². The summed E-state index contributed by atoms with van der Waals surface area (Å²) >= 11 is 0. The zero-order chi connectivity index (χ0) is 16.4. The molecule has 1 aromatic carbocycles. The molecule has 5 nitrogen and oxygen atoms in total. The summed E-state index contributed by atoms with van der Waals surface area (Å²) in [5.74, 6) is -1.12. The van der Waals surface area contributed by atoms with E-state index in [0.29, 0.717) is 16.6 Å². The van der Waals surface area contributed by atoms with Gasteiger partial charge in [-0.3, -0.25) is 4.79 Å². The normalized spacial score (nSPS) is 15.0. The van der Waals surface area contributed by atoms with Crippen LogP contribution in [0.5, 0.6) is 0 Å². The molecular weight excluding hydrogens is 299 g/mol. The molecule has 1 fully saturated rings. The fraction of sp³-hybridized carbons (Fsp3) is 0.412. The number of hydrogen-bond acceptors (Lipinski definition) is 4. The summed E-state index contributed by atoms with van der Waals surface area (Å²) in [6, 6.07) is 4.28. The van der Waals surface area contributed by atoms with Crippen molar-refractivity contribution < 1.29 is 13.9 Å². The average molecular weight is 318 g/mol. The molecule has 23 heavy (non-hydrogen) atoms. The number of anilines is 1. The average Bonchev–Trinajstić information content (AvgIpc) is 3.01. The largest absolute Gasteiger partial charge is 0.462 e. The Balaban J connectivity index is 2.19. The number of aromatic amines is 1. The lowest BCUT2D eigenvalue weighted by Gasteiger charge is -2.18. The monoisotopic (exact) mass is 318 g/mol. The lowest BCUT2D eigenvalue weighted by atomic mass is 10.1. The van der Waals surface area contributed by atoms with Crippen molar-refractivity contribution in [1.82, 2.24) is 4.98 Å². The van der Waals surface area contributed by atoms with Gasteiger partial charge in [-0.25, -0.2) is 9.18 Å². The highest BCUT2D eigenvalue weighted by Crippen LogP contribution is 2.29. The minimum Gasteiger partial charge on any atom is -0.462 e. The number of esters is 1. The van der Waals surface area contributed by atoms with Crippen LogP contribution in [0.25, 0.3) is 10.9 Å². The first-order valence-electron chi connectivity index (χ1n) is 7.89. The van der Waals surface area contributed by atoms with Crippen LogP contribution >= 0.6 is 0 Å². The van der Waals surface area contributed by atoms with Gasteiger partial charge < -0.3 is 15.0 Å². The van der Waals surface area contributed by atoms with E-state index >= 15 is 0 Å². The lowest BCUT2D eigenvalue weighted by molar-refractivity contribution is 0.0525. The van der Waals surface area contributed by atoms with Gasteiger partial charge in [0.1, 0.15) is 11.4 Å². The molecule has 1 saturated carbocycles. The molecule has 0 radical (unpaired) electrons. The third-order valence-electron chi connectivity index (χ3n) is 4.16. The quantitative estimate of drug-likeness (QED) is 0.849. The number of halogens is 1. The standard InChI is InChI=1S/C17H19FN2O3/c1-2-23-17(22)14-15(19-11-5-3-4-6-11)12-9-10(18)7-8-13(12)20-16(14)21/h7-9,11H,2-6H2,1H3,(H2,19,20,21). The molecule has 1 heterocycles. The predicted octanol–water partition coefficient (Wildman–Crippen LogP) is 3.20. The highest BCUT2D eigenvalue weighted by atomic mass is 19.1. The highest BCUT2D eigenvalue weighted by Gasteiger charge is 2.24. The van der Waals surface area contributed by atoms with Gasteiger partial charge in [-0.15, -0.1) is 0 Å². The van der Waals surface area contributed by atoms with Gasteiger partial charge in [0.25, 0.3) is 5.56 Å². The minimum atomic E-state index is -0.694. The van der Waals surface area contributed by atoms with E-state index in [1.54, 1.807) is 6.92 Å². The van der Waals surface area contributed by atoms with Crippen LogP contribution < -0.4 is 10.9 Å². The Hall–Kier alpha value is -2.37. The Bertz CT molecular complexity index is 794. The second kappa shape index (κ2) is 6.40. The van der Waals surface area contributed by atoms with Crippen LogP contribution in [-0.4, -0.2) is 23.6 Å². The maximum Gasteiger partial charge on any atom is 0.345 e. The van der Waals surface area contributed by atoms with Crippen molar-refractivity contribution in [3.8, 4) is 0 Å². The zero-order valence-electron chi connectivity index (χ0n) is 12.9. The summed E-state index contributed by atoms with van der Waals surface area (Å²) in [6.45, 7) is 1.85. The maximum absolute atomic E-state index is 13.7. The third-order valence-corrected chi connectivity index (χ3v) is 4.16. The Morgan fingerprint density at radius 3 is 2.83 bits per heavy atom. The van der Waals surface area contributed by atoms with Gasteiger partial charge in [-0.05, 0) is 38.0 Å². The van der Waals surface area contributed by atoms with Crippen LogP contribution in [0.1, 0.15) is 43.0 Å². The van der Waals surface area contributed by atoms with Crippen molar-refractivity contribution in [2.45, 2.75) is 38.6 Å². The summed E-state index contributed by atoms with van der Waals surface area (Å²) in [6.07, 6.45) is 4.13. The molecule has 0 bridgehead atoms. The molecule has 1 aliphatic carbocycles. The van der Waals surface area contributed by atoms with Crippen molar-refractivity contribution in [3.05, 3.63) is 39.9 Å². The molecule has 0 aliphatic heterocycles. The summed E-state index contributed by atoms with van der Waals surface area (Å²) in [4.78, 5) is 27.2. The molecule has 3 rings (SSSR count). The van der Waals surface area contributed by atoms with E-state index in [1.807, 2.05) is 0 Å². The van der Waals surface area contributed by atoms with E-state index in [-0.39, 0.29) is 18.2 Å². The van der Waals surface area contributed by atoms with Crippen LogP contribution in [0.3, 0.4) is 0 Å². The van der Waals surface area contributed by atoms with E-state index in [0.717, 1.165) is 25.7 Å². The van der Waals surface area contributed by atoms with Crippen molar-refractivity contribution in [2.75, 3.05) is 11.9 Å². The molecule has 0 spiro atoms. The Morgan fingerprint density at radius 2 is 2.13 bits per heavy atom. The van der Waals surface area contributed by atoms with Crippen LogP contribution in [0.4, 0.5) is 10.1 Å². The topological polar surface area (TPSA) is 71.2 Å². The number of rotatable bonds is 4. The van der Waals surface area contributed by atoms with Crippen molar-refractivity contribution in [2.24, 2.45) is 0 Å². The van der Waals surface area contributed by atoms with Crippen LogP contribution in [0.15, 0.2) is 23.0 Å². The van der Waals surface area contributed by atoms with Crippen LogP contribution in [0, 0.1) is 5.82 Å². The maximum atomic E-state index is 13.7. The molecule has 0 atom stereocenters. The molecule has 1 aromatic heterocycles. The summed E-state index contributed by atoms with van der Waals surface area (Å²) in [5, 5.41) is 3.76. The summed E-state index contributed by atoms with van der Waals surface area (Å²) < 4.78 is 18.7. The van der Waals surface area contributed by atoms with Gasteiger partial charge >= 0.3 is 5.97 Å². The number of pyridine rings is 1. The van der Waals surface area contributed by atoms with E-state index in [9.17, 15) is 14.0 Å². The number of nitrogens with one attached hydrogen (secondary N) is 2. The highest BCUT2D eigenvalue weighted by molar-refractivity contribution is 6.04. The van der Waals surface area contributed by atoms with Gasteiger partial charge in [0, 0.05) is 11.4 Å². The van der Waals surface area contributed by atoms with Gasteiger partial charge in [0.2, 0.25) is 0 Å². The number of carbonyl (C=O) groups excluding carboxylic acids is 1. The lowest BCUT2D eigenvalue weighted by Crippen LogP contribution is -2.25. The Kier molecular flexibility index (Phi) is 4.32. The van der Waals surface area contributed by atoms with E-state index < -0.39 is 17.3 Å². The van der Waals surface area contributed by atoms with E-state index in [4.69, 9.17) is 4.74 Å². The fourth-order valence-electron chi connectivity index (χ4n) is 3.09. The summed E-state index contributed by atoms with van der Waals surface area (Å²) in [7, 11) is 0. The van der Waals surface area contributed by atoms with Gasteiger partial charge in [-0.2, -0.15) is 0 Å². The SMILES string of the molecule is CCOC(=O)c1c(NC2CCCC2)c2cc(F)ccc2[nH]c1=O. The van der Waals surface area contributed by atoms with E-state index in [1.165, 1.54) is 18.2 Å². The van der Waals surface area contributed by atoms with Crippen LogP contribution in [-0.2, 0) is 4.74 Å². The smallest absolute Gasteiger partial charge is 0.345 e. The van der Waals surface area contributed by atoms with Gasteiger partial charge in [-0.1, -0.05) is 12.8 Å². The molecule has 2 N–H and O–H groups in total. The Labute approximate surface area is 132 Å². The van der Waals surface area contributed by atoms with Crippen LogP contribution in [0.2, 0.25) is 0 Å². The van der Waals surface area contributed by atoms with E-state index in [2.05, 4.69) is 10.3 Å². The molecule has 0 unspecified atom stereocenters. The molecule has 6 heteroatoms. The molecule has 0 saturated heterocycles. The van der Waals surface area contributed by atoms with Crippen molar-refractivity contribution >= 4 is 22.6 Å². The zero-order valence-corrected chi connectivity index (χ0v) is 12.9. The number of fused-ring (bicyclic) bond motifs is 1. The first-order chi connectivity index (χ1) is 11.1. The number of aromatic nitrogens is 1. The first-order valence-corrected chi connectivity index (χ1v) is 7.89. The predicted molar refractivity (Wildman–Crippen MR) is 86.4 cm³/mol. The minimum absolute atomic E-state index is 0.0862. The fourth-order valence-corrected chi connectivity index (χ4v) is 3.09. The molecule has 0 amide bonds. The number of H-pyrrole nitrogens is 1. The second-order valence-electron chi connectivity index (χ2n) is 5.74. The molecular formula is C17H19FN2O3. The van der Waals surface area contributed by atoms with Gasteiger partial charge in [0.05, 0.1) is 17.8 Å². The van der Waals surface area contributed by atoms with Gasteiger partial charge in [0.15, 0.2) is 0 Å². The van der Waals surface area contributed by atoms with Crippen molar-refractivity contribution in [1.29, 1.82) is 0 Å². The molecule has 122 valence electrons. The third kappa shape index (κ3) is 3.06. The summed E-state index contributed by atoms with van der Waals surface area (Å²) in [5.41, 5.74) is 0.249. The number of hydrogen-bond donors (Lipinski definition) is 2. The number of carbonyl (C=O) groups is 1. The Morgan fingerprint density at radius 1 is 1.39 bits per heavy atom. The molecule has 1 aliphatic rings. The first kappa shape index (κ1) is 15.5. The number of benzene rings is 1.